The van der Waals surface area contributed by atoms with Crippen molar-refractivity contribution in [3.8, 4) is 11.6 Å². The van der Waals surface area contributed by atoms with E-state index >= 15 is 0 Å². The fourth-order valence-corrected chi connectivity index (χ4v) is 5.83. The number of ether oxygens (including phenoxy) is 2. The maximum atomic E-state index is 14.4. The van der Waals surface area contributed by atoms with E-state index in [9.17, 15) is 22.4 Å². The molecular weight excluding hydrogens is 542 g/mol. The van der Waals surface area contributed by atoms with Crippen LogP contribution in [0.5, 0.6) is 11.6 Å². The van der Waals surface area contributed by atoms with E-state index in [1.54, 1.807) is 0 Å². The molecule has 1 aliphatic rings. The van der Waals surface area contributed by atoms with Gasteiger partial charge in [-0.2, -0.15) is 4.98 Å². The highest BCUT2D eigenvalue weighted by Gasteiger charge is 2.37. The largest absolute Gasteiger partial charge is 0.473 e. The van der Waals surface area contributed by atoms with Crippen molar-refractivity contribution < 1.29 is 31.9 Å². The zero-order valence-corrected chi connectivity index (χ0v) is 21.1. The minimum Gasteiger partial charge on any atom is -0.473 e. The number of nitrogens with zero attached hydrogens (tertiary/aromatic N) is 1. The Morgan fingerprint density at radius 1 is 1.17 bits per heavy atom. The standard InChI is InChI=1S/C22H17Cl2FN2O6S2/c1-11(28)32-21-19(24)34-22(27-21)26-20(29)18(33-17-9-4-13(23)10-16(17)25)12-2-5-14(6-3-12)35(30,31)15-7-8-15/h2-6,9-10,15,18H,7-8H2,1H3,(H,26,27,29). The first-order valence-corrected chi connectivity index (χ1v) is 13.3. The van der Waals surface area contributed by atoms with E-state index in [2.05, 4.69) is 10.3 Å². The first-order valence-electron chi connectivity index (χ1n) is 10.2. The number of carbonyl (C=O) groups excluding carboxylic acids is 2. The number of hydrogen-bond acceptors (Lipinski definition) is 8. The topological polar surface area (TPSA) is 112 Å². The summed E-state index contributed by atoms with van der Waals surface area (Å²) in [5.41, 5.74) is 0.259. The average molecular weight is 559 g/mol. The number of rotatable bonds is 8. The molecule has 1 aliphatic carbocycles. The van der Waals surface area contributed by atoms with E-state index in [4.69, 9.17) is 32.7 Å². The van der Waals surface area contributed by atoms with E-state index in [1.165, 1.54) is 43.3 Å². The molecule has 2 aromatic carbocycles. The predicted octanol–water partition coefficient (Wildman–Crippen LogP) is 5.21. The van der Waals surface area contributed by atoms with Gasteiger partial charge in [-0.3, -0.25) is 14.9 Å². The van der Waals surface area contributed by atoms with Crippen molar-refractivity contribution in [2.45, 2.75) is 36.0 Å². The summed E-state index contributed by atoms with van der Waals surface area (Å²) >= 11 is 12.6. The van der Waals surface area contributed by atoms with Crippen molar-refractivity contribution in [1.29, 1.82) is 0 Å². The van der Waals surface area contributed by atoms with Gasteiger partial charge in [-0.05, 0) is 43.2 Å². The molecule has 0 bridgehead atoms. The smallest absolute Gasteiger partial charge is 0.309 e. The van der Waals surface area contributed by atoms with Crippen LogP contribution in [-0.2, 0) is 19.4 Å². The van der Waals surface area contributed by atoms with E-state index < -0.39 is 38.9 Å². The fraction of sp³-hybridized carbons (Fsp3) is 0.227. The molecule has 35 heavy (non-hydrogen) atoms. The molecule has 1 unspecified atom stereocenters. The molecule has 0 radical (unpaired) electrons. The number of nitrogens with one attached hydrogen (secondary N) is 1. The van der Waals surface area contributed by atoms with Crippen molar-refractivity contribution in [2.75, 3.05) is 5.32 Å². The van der Waals surface area contributed by atoms with E-state index in [-0.39, 0.29) is 36.6 Å². The van der Waals surface area contributed by atoms with Crippen molar-refractivity contribution >= 4 is 61.4 Å². The lowest BCUT2D eigenvalue weighted by Gasteiger charge is -2.19. The Kier molecular flexibility index (Phi) is 7.32. The van der Waals surface area contributed by atoms with Gasteiger partial charge in [0.1, 0.15) is 0 Å². The van der Waals surface area contributed by atoms with Crippen LogP contribution in [0.25, 0.3) is 0 Å². The van der Waals surface area contributed by atoms with Gasteiger partial charge in [0.15, 0.2) is 30.9 Å². The molecule has 4 rings (SSSR count). The molecule has 1 heterocycles. The molecule has 13 heteroatoms. The van der Waals surface area contributed by atoms with E-state index in [1.807, 2.05) is 0 Å². The second kappa shape index (κ2) is 10.1. The summed E-state index contributed by atoms with van der Waals surface area (Å²) in [5.74, 6) is -2.61. The lowest BCUT2D eigenvalue weighted by atomic mass is 10.1. The van der Waals surface area contributed by atoms with E-state index in [0.29, 0.717) is 12.8 Å². The highest BCUT2D eigenvalue weighted by molar-refractivity contribution is 7.92. The van der Waals surface area contributed by atoms with Crippen molar-refractivity contribution in [3.63, 3.8) is 0 Å². The molecule has 3 aromatic rings. The Balaban J connectivity index is 1.63. The first-order chi connectivity index (χ1) is 16.5. The molecule has 0 spiro atoms. The number of amides is 1. The number of carbonyl (C=O) groups is 2. The molecule has 184 valence electrons. The van der Waals surface area contributed by atoms with E-state index in [0.717, 1.165) is 17.4 Å². The molecule has 1 N–H and O–H groups in total. The zero-order chi connectivity index (χ0) is 25.3. The van der Waals surface area contributed by atoms with Crippen LogP contribution in [-0.4, -0.2) is 30.5 Å². The lowest BCUT2D eigenvalue weighted by molar-refractivity contribution is -0.132. The van der Waals surface area contributed by atoms with Crippen molar-refractivity contribution in [1.82, 2.24) is 4.98 Å². The molecule has 0 aliphatic heterocycles. The van der Waals surface area contributed by atoms with Gasteiger partial charge >= 0.3 is 5.97 Å². The highest BCUT2D eigenvalue weighted by Crippen LogP contribution is 2.36. The van der Waals surface area contributed by atoms with Crippen LogP contribution in [0, 0.1) is 5.82 Å². The van der Waals surface area contributed by atoms with Gasteiger partial charge in [-0.25, -0.2) is 12.8 Å². The van der Waals surface area contributed by atoms with Crippen LogP contribution in [0.3, 0.4) is 0 Å². The van der Waals surface area contributed by atoms with Crippen LogP contribution in [0.2, 0.25) is 9.36 Å². The third-order valence-electron chi connectivity index (χ3n) is 4.88. The molecule has 1 saturated carbocycles. The Bertz CT molecular complexity index is 1390. The molecule has 1 aromatic heterocycles. The Hall–Kier alpha value is -2.73. The van der Waals surface area contributed by atoms with Gasteiger partial charge in [0.25, 0.3) is 11.8 Å². The van der Waals surface area contributed by atoms with Gasteiger partial charge in [-0.1, -0.05) is 46.7 Å². The van der Waals surface area contributed by atoms with Crippen LogP contribution in [0.4, 0.5) is 9.52 Å². The Morgan fingerprint density at radius 2 is 1.86 bits per heavy atom. The molecule has 1 fully saturated rings. The summed E-state index contributed by atoms with van der Waals surface area (Å²) in [4.78, 5) is 28.4. The maximum absolute atomic E-state index is 14.4. The summed E-state index contributed by atoms with van der Waals surface area (Å²) in [6.45, 7) is 1.17. The number of halogens is 3. The van der Waals surface area contributed by atoms with Crippen LogP contribution in [0.1, 0.15) is 31.4 Å². The first kappa shape index (κ1) is 25.4. The quantitative estimate of drug-likeness (QED) is 0.377. The number of sulfone groups is 1. The molecule has 1 amide bonds. The second-order valence-corrected chi connectivity index (χ2v) is 11.8. The Morgan fingerprint density at radius 3 is 2.46 bits per heavy atom. The summed E-state index contributed by atoms with van der Waals surface area (Å²) in [7, 11) is -3.44. The summed E-state index contributed by atoms with van der Waals surface area (Å²) in [5, 5.41) is 2.25. The average Bonchev–Trinajstić information content (AvgIpc) is 3.59. The normalized spacial score (nSPS) is 14.3. The highest BCUT2D eigenvalue weighted by atomic mass is 35.5. The molecule has 0 saturated heterocycles. The van der Waals surface area contributed by atoms with Gasteiger partial charge < -0.3 is 9.47 Å². The minimum atomic E-state index is -3.44. The van der Waals surface area contributed by atoms with Crippen molar-refractivity contribution in [2.24, 2.45) is 0 Å². The van der Waals surface area contributed by atoms with Gasteiger partial charge in [0.2, 0.25) is 6.10 Å². The molecule has 8 nitrogen and oxygen atoms in total. The van der Waals surface area contributed by atoms with Crippen molar-refractivity contribution in [3.05, 3.63) is 63.2 Å². The number of esters is 1. The SMILES string of the molecule is CC(=O)Oc1nc(NC(=O)C(Oc2ccc(Cl)cc2F)c2ccc(S(=O)(=O)C3CC3)cc2)sc1Cl. The summed E-state index contributed by atoms with van der Waals surface area (Å²) < 4.78 is 50.0. The number of thiazole rings is 1. The summed E-state index contributed by atoms with van der Waals surface area (Å²) in [6.07, 6.45) is -0.178. The molecule has 1 atom stereocenters. The second-order valence-electron chi connectivity index (χ2n) is 7.57. The van der Waals surface area contributed by atoms with Gasteiger partial charge in [0.05, 0.1) is 10.1 Å². The predicted molar refractivity (Wildman–Crippen MR) is 128 cm³/mol. The van der Waals surface area contributed by atoms with Gasteiger partial charge in [-0.15, -0.1) is 0 Å². The number of hydrogen-bond donors (Lipinski definition) is 1. The Labute approximate surface area is 213 Å². The number of benzene rings is 2. The maximum Gasteiger partial charge on any atom is 0.309 e. The van der Waals surface area contributed by atoms with Gasteiger partial charge in [0, 0.05) is 17.5 Å². The molecular formula is C22H17Cl2FN2O6S2. The zero-order valence-electron chi connectivity index (χ0n) is 18.0. The number of anilines is 1. The lowest BCUT2D eigenvalue weighted by Crippen LogP contribution is -2.26. The third-order valence-corrected chi connectivity index (χ3v) is 8.53. The number of aromatic nitrogens is 1. The monoisotopic (exact) mass is 558 g/mol. The van der Waals surface area contributed by atoms with Crippen LogP contribution in [0.15, 0.2) is 47.4 Å². The van der Waals surface area contributed by atoms with Crippen LogP contribution < -0.4 is 14.8 Å². The fourth-order valence-electron chi connectivity index (χ4n) is 3.08. The summed E-state index contributed by atoms with van der Waals surface area (Å²) in [6, 6.07) is 9.30. The van der Waals surface area contributed by atoms with Crippen LogP contribution >= 0.6 is 34.5 Å². The minimum absolute atomic E-state index is 0.00867. The third kappa shape index (κ3) is 5.92.